The Labute approximate surface area is 97.0 Å². The zero-order valence-electron chi connectivity index (χ0n) is 9.76. The number of benzene rings is 1. The quantitative estimate of drug-likeness (QED) is 0.734. The molecule has 0 fully saturated rings. The number of rotatable bonds is 8. The molecule has 0 heterocycles. The van der Waals surface area contributed by atoms with E-state index in [-0.39, 0.29) is 12.7 Å². The molecule has 1 unspecified atom stereocenters. The molecule has 0 saturated heterocycles. The van der Waals surface area contributed by atoms with Crippen LogP contribution < -0.4 is 0 Å². The normalized spacial score (nSPS) is 12.6. The van der Waals surface area contributed by atoms with Crippen LogP contribution in [-0.4, -0.2) is 31.0 Å². The topological polar surface area (TPSA) is 38.7 Å². The summed E-state index contributed by atoms with van der Waals surface area (Å²) in [5, 5.41) is 9.04. The molecular formula is C13H20O3. The van der Waals surface area contributed by atoms with Gasteiger partial charge in [0.05, 0.1) is 19.8 Å². The summed E-state index contributed by atoms with van der Waals surface area (Å²) >= 11 is 0. The van der Waals surface area contributed by atoms with Gasteiger partial charge in [0.15, 0.2) is 0 Å². The maximum Gasteiger partial charge on any atom is 0.104 e. The van der Waals surface area contributed by atoms with Crippen molar-refractivity contribution < 1.29 is 14.6 Å². The van der Waals surface area contributed by atoms with E-state index < -0.39 is 0 Å². The van der Waals surface area contributed by atoms with Crippen LogP contribution in [0.4, 0.5) is 0 Å². The third-order valence-electron chi connectivity index (χ3n) is 2.18. The minimum Gasteiger partial charge on any atom is -0.394 e. The number of aliphatic hydroxyl groups excluding tert-OH is 1. The summed E-state index contributed by atoms with van der Waals surface area (Å²) in [7, 11) is 0. The zero-order chi connectivity index (χ0) is 11.6. The molecule has 0 saturated carbocycles. The van der Waals surface area contributed by atoms with Crippen LogP contribution >= 0.6 is 0 Å². The van der Waals surface area contributed by atoms with E-state index in [1.54, 1.807) is 0 Å². The van der Waals surface area contributed by atoms with E-state index in [2.05, 4.69) is 0 Å². The fourth-order valence-corrected chi connectivity index (χ4v) is 1.32. The van der Waals surface area contributed by atoms with Crippen molar-refractivity contribution in [2.24, 2.45) is 0 Å². The summed E-state index contributed by atoms with van der Waals surface area (Å²) < 4.78 is 10.9. The summed E-state index contributed by atoms with van der Waals surface area (Å²) in [6.45, 7) is 3.71. The van der Waals surface area contributed by atoms with Gasteiger partial charge in [-0.1, -0.05) is 37.3 Å². The van der Waals surface area contributed by atoms with Gasteiger partial charge < -0.3 is 14.6 Å². The molecule has 1 rings (SSSR count). The van der Waals surface area contributed by atoms with Gasteiger partial charge in [-0.3, -0.25) is 0 Å². The molecule has 16 heavy (non-hydrogen) atoms. The van der Waals surface area contributed by atoms with Crippen molar-refractivity contribution in [1.82, 2.24) is 0 Å². The van der Waals surface area contributed by atoms with Gasteiger partial charge in [0.1, 0.15) is 6.10 Å². The predicted molar refractivity (Wildman–Crippen MR) is 63.2 cm³/mol. The van der Waals surface area contributed by atoms with Crippen LogP contribution in [0.3, 0.4) is 0 Å². The van der Waals surface area contributed by atoms with Crippen LogP contribution in [0.15, 0.2) is 30.3 Å². The van der Waals surface area contributed by atoms with Gasteiger partial charge in [0, 0.05) is 6.61 Å². The first-order chi connectivity index (χ1) is 7.86. The first-order valence-corrected chi connectivity index (χ1v) is 5.71. The maximum atomic E-state index is 9.04. The van der Waals surface area contributed by atoms with E-state index in [4.69, 9.17) is 14.6 Å². The maximum absolute atomic E-state index is 9.04. The molecular weight excluding hydrogens is 204 g/mol. The van der Waals surface area contributed by atoms with Crippen molar-refractivity contribution in [3.05, 3.63) is 35.9 Å². The molecule has 0 aliphatic carbocycles. The third kappa shape index (κ3) is 5.26. The molecule has 0 aromatic heterocycles. The molecule has 0 bridgehead atoms. The van der Waals surface area contributed by atoms with Crippen LogP contribution in [0.1, 0.15) is 18.9 Å². The highest BCUT2D eigenvalue weighted by molar-refractivity contribution is 5.13. The first kappa shape index (κ1) is 13.2. The van der Waals surface area contributed by atoms with Gasteiger partial charge in [-0.25, -0.2) is 0 Å². The second-order valence-electron chi connectivity index (χ2n) is 3.68. The van der Waals surface area contributed by atoms with Crippen molar-refractivity contribution >= 4 is 0 Å². The number of hydrogen-bond acceptors (Lipinski definition) is 3. The number of hydrogen-bond donors (Lipinski definition) is 1. The molecule has 1 atom stereocenters. The minimum absolute atomic E-state index is 0.00872. The molecule has 1 N–H and O–H groups in total. The van der Waals surface area contributed by atoms with Crippen LogP contribution in [0.5, 0.6) is 0 Å². The van der Waals surface area contributed by atoms with Crippen LogP contribution in [0, 0.1) is 0 Å². The molecule has 3 nitrogen and oxygen atoms in total. The van der Waals surface area contributed by atoms with Crippen molar-refractivity contribution in [2.45, 2.75) is 26.1 Å². The molecule has 1 aromatic carbocycles. The monoisotopic (exact) mass is 224 g/mol. The lowest BCUT2D eigenvalue weighted by atomic mass is 10.2. The average molecular weight is 224 g/mol. The number of aliphatic hydroxyl groups is 1. The highest BCUT2D eigenvalue weighted by Crippen LogP contribution is 2.02. The van der Waals surface area contributed by atoms with Gasteiger partial charge in [-0.05, 0) is 12.0 Å². The minimum atomic E-state index is -0.205. The Morgan fingerprint density at radius 2 is 2.00 bits per heavy atom. The molecule has 90 valence electrons. The van der Waals surface area contributed by atoms with E-state index in [1.165, 1.54) is 0 Å². The van der Waals surface area contributed by atoms with E-state index >= 15 is 0 Å². The summed E-state index contributed by atoms with van der Waals surface area (Å²) in [5.41, 5.74) is 1.13. The fourth-order valence-electron chi connectivity index (χ4n) is 1.32. The average Bonchev–Trinajstić information content (AvgIpc) is 2.35. The van der Waals surface area contributed by atoms with Gasteiger partial charge in [-0.2, -0.15) is 0 Å². The Morgan fingerprint density at radius 3 is 2.62 bits per heavy atom. The van der Waals surface area contributed by atoms with Gasteiger partial charge in [0.25, 0.3) is 0 Å². The Morgan fingerprint density at radius 1 is 1.25 bits per heavy atom. The lowest BCUT2D eigenvalue weighted by Crippen LogP contribution is -2.24. The lowest BCUT2D eigenvalue weighted by molar-refractivity contribution is -0.0461. The van der Waals surface area contributed by atoms with Crippen LogP contribution in [-0.2, 0) is 16.1 Å². The van der Waals surface area contributed by atoms with Gasteiger partial charge in [0.2, 0.25) is 0 Å². The molecule has 0 spiro atoms. The van der Waals surface area contributed by atoms with Crippen LogP contribution in [0.25, 0.3) is 0 Å². The molecule has 0 aliphatic heterocycles. The van der Waals surface area contributed by atoms with Crippen molar-refractivity contribution in [3.8, 4) is 0 Å². The Kier molecular flexibility index (Phi) is 6.81. The van der Waals surface area contributed by atoms with E-state index in [9.17, 15) is 0 Å². The predicted octanol–water partition coefficient (Wildman–Crippen LogP) is 1.99. The van der Waals surface area contributed by atoms with Crippen molar-refractivity contribution in [2.75, 3.05) is 19.8 Å². The first-order valence-electron chi connectivity index (χ1n) is 5.71. The van der Waals surface area contributed by atoms with Crippen molar-refractivity contribution in [3.63, 3.8) is 0 Å². The highest BCUT2D eigenvalue weighted by atomic mass is 16.5. The van der Waals surface area contributed by atoms with Gasteiger partial charge in [-0.15, -0.1) is 0 Å². The summed E-state index contributed by atoms with van der Waals surface area (Å²) in [5.74, 6) is 0. The molecule has 0 amide bonds. The Bertz CT molecular complexity index is 261. The van der Waals surface area contributed by atoms with Crippen LogP contribution in [0.2, 0.25) is 0 Å². The molecule has 0 aliphatic rings. The summed E-state index contributed by atoms with van der Waals surface area (Å²) in [6, 6.07) is 9.97. The molecule has 1 aromatic rings. The standard InChI is InChI=1S/C13H20O3/c1-2-8-16-13(9-14)11-15-10-12-6-4-3-5-7-12/h3-7,13-14H,2,8-11H2,1H3. The molecule has 0 radical (unpaired) electrons. The largest absolute Gasteiger partial charge is 0.394 e. The van der Waals surface area contributed by atoms with Gasteiger partial charge >= 0.3 is 0 Å². The summed E-state index contributed by atoms with van der Waals surface area (Å²) in [4.78, 5) is 0. The van der Waals surface area contributed by atoms with E-state index in [0.717, 1.165) is 12.0 Å². The lowest BCUT2D eigenvalue weighted by Gasteiger charge is -2.15. The highest BCUT2D eigenvalue weighted by Gasteiger charge is 2.07. The second kappa shape index (κ2) is 8.28. The third-order valence-corrected chi connectivity index (χ3v) is 2.18. The Balaban J connectivity index is 2.18. The fraction of sp³-hybridized carbons (Fsp3) is 0.538. The Hall–Kier alpha value is -0.900. The van der Waals surface area contributed by atoms with E-state index in [1.807, 2.05) is 37.3 Å². The molecule has 3 heteroatoms. The van der Waals surface area contributed by atoms with E-state index in [0.29, 0.717) is 19.8 Å². The zero-order valence-corrected chi connectivity index (χ0v) is 9.76. The summed E-state index contributed by atoms with van der Waals surface area (Å²) in [6.07, 6.45) is 0.749. The number of ether oxygens (including phenoxy) is 2. The smallest absolute Gasteiger partial charge is 0.104 e. The van der Waals surface area contributed by atoms with Crippen molar-refractivity contribution in [1.29, 1.82) is 0 Å². The second-order valence-corrected chi connectivity index (χ2v) is 3.68. The SMILES string of the molecule is CCCOC(CO)COCc1ccccc1.